The van der Waals surface area contributed by atoms with Crippen LogP contribution in [0.5, 0.6) is 0 Å². The van der Waals surface area contributed by atoms with E-state index in [0.717, 1.165) is 0 Å². The second kappa shape index (κ2) is 7.62. The lowest BCUT2D eigenvalue weighted by Crippen LogP contribution is -2.51. The molecule has 4 unspecified atom stereocenters. The van der Waals surface area contributed by atoms with E-state index in [1.54, 1.807) is 0 Å². The Hall–Kier alpha value is -1.97. The van der Waals surface area contributed by atoms with Gasteiger partial charge in [0.1, 0.15) is 0 Å². The molecule has 2 heterocycles. The molecular formula is C20H22ClNO7S. The third-order valence-corrected chi connectivity index (χ3v) is 8.63. The van der Waals surface area contributed by atoms with Crippen LogP contribution in [0.2, 0.25) is 0 Å². The van der Waals surface area contributed by atoms with Crippen LogP contribution in [0, 0.1) is 11.3 Å². The number of alkyl halides is 1. The molecule has 0 amide bonds. The Morgan fingerprint density at radius 3 is 2.80 bits per heavy atom. The number of rotatable bonds is 5. The molecule has 0 spiro atoms. The van der Waals surface area contributed by atoms with Crippen molar-refractivity contribution in [1.82, 2.24) is 0 Å². The summed E-state index contributed by atoms with van der Waals surface area (Å²) in [7, 11) is -3.83. The van der Waals surface area contributed by atoms with Gasteiger partial charge in [-0.1, -0.05) is 12.1 Å². The van der Waals surface area contributed by atoms with Crippen LogP contribution in [-0.2, 0) is 29.0 Å². The van der Waals surface area contributed by atoms with Gasteiger partial charge in [-0.25, -0.2) is 13.2 Å². The summed E-state index contributed by atoms with van der Waals surface area (Å²) in [5.74, 6) is -2.00. The Labute approximate surface area is 179 Å². The highest BCUT2D eigenvalue weighted by Crippen LogP contribution is 2.56. The van der Waals surface area contributed by atoms with Crippen LogP contribution in [0.25, 0.3) is 0 Å². The lowest BCUT2D eigenvalue weighted by atomic mass is 9.63. The summed E-state index contributed by atoms with van der Waals surface area (Å²) in [6.45, 7) is 1.91. The molecule has 2 aliphatic carbocycles. The molecule has 1 N–H and O–H groups in total. The van der Waals surface area contributed by atoms with Gasteiger partial charge in [0, 0.05) is 6.42 Å². The maximum absolute atomic E-state index is 13.2. The van der Waals surface area contributed by atoms with E-state index >= 15 is 0 Å². The number of ketones is 1. The second-order valence-electron chi connectivity index (χ2n) is 7.74. The number of sulfone groups is 1. The van der Waals surface area contributed by atoms with Crippen molar-refractivity contribution in [3.63, 3.8) is 0 Å². The van der Waals surface area contributed by atoms with E-state index in [9.17, 15) is 23.1 Å². The van der Waals surface area contributed by atoms with Gasteiger partial charge in [0.25, 0.3) is 0 Å². The van der Waals surface area contributed by atoms with E-state index in [1.807, 2.05) is 0 Å². The summed E-state index contributed by atoms with van der Waals surface area (Å²) in [5.41, 5.74) is -0.984. The number of carbonyl (C=O) groups excluding carboxylic acids is 1. The van der Waals surface area contributed by atoms with Crippen LogP contribution in [0.4, 0.5) is 0 Å². The fourth-order valence-corrected chi connectivity index (χ4v) is 6.77. The van der Waals surface area contributed by atoms with E-state index in [1.165, 1.54) is 25.2 Å². The number of ether oxygens (including phenoxy) is 1. The molecule has 0 radical (unpaired) electrons. The molecule has 0 bridgehead atoms. The summed E-state index contributed by atoms with van der Waals surface area (Å²) in [6.07, 6.45) is 5.04. The van der Waals surface area contributed by atoms with Gasteiger partial charge in [-0.15, -0.1) is 11.6 Å². The molecule has 8 nitrogen and oxygen atoms in total. The van der Waals surface area contributed by atoms with Crippen molar-refractivity contribution in [3.05, 3.63) is 34.3 Å². The summed E-state index contributed by atoms with van der Waals surface area (Å²) >= 11 is 6.83. The van der Waals surface area contributed by atoms with E-state index in [0.29, 0.717) is 43.6 Å². The summed E-state index contributed by atoms with van der Waals surface area (Å²) in [6, 6.07) is 0. The lowest BCUT2D eigenvalue weighted by Gasteiger charge is -2.44. The number of carboxylic acids is 1. The van der Waals surface area contributed by atoms with E-state index < -0.39 is 32.9 Å². The third kappa shape index (κ3) is 3.06. The first-order valence-electron chi connectivity index (χ1n) is 9.85. The minimum absolute atomic E-state index is 0.0432. The minimum Gasteiger partial charge on any atom is -0.478 e. The maximum atomic E-state index is 13.2. The van der Waals surface area contributed by atoms with Crippen molar-refractivity contribution in [2.45, 2.75) is 44.3 Å². The molecule has 0 aromatic heterocycles. The molecule has 4 aliphatic rings. The Bertz CT molecular complexity index is 1030. The van der Waals surface area contributed by atoms with Gasteiger partial charge in [-0.3, -0.25) is 4.79 Å². The first-order valence-corrected chi connectivity index (χ1v) is 11.9. The number of allylic oxidation sites excluding steroid dienone is 5. The number of hydrogen-bond donors (Lipinski definition) is 1. The van der Waals surface area contributed by atoms with Gasteiger partial charge < -0.3 is 14.7 Å². The molecule has 0 saturated carbocycles. The van der Waals surface area contributed by atoms with Gasteiger partial charge >= 0.3 is 5.97 Å². The predicted octanol–water partition coefficient (Wildman–Crippen LogP) is 2.35. The SMILES string of the molecule is CCS(=O)(=O)C1=CC=C(C(=O)O)C(Cl)C1(C1=CC(=O)CCC1)C1=NOC2OCCC12. The highest BCUT2D eigenvalue weighted by molar-refractivity contribution is 7.95. The predicted molar refractivity (Wildman–Crippen MR) is 109 cm³/mol. The Morgan fingerprint density at radius 2 is 2.13 bits per heavy atom. The molecule has 1 saturated heterocycles. The van der Waals surface area contributed by atoms with Crippen molar-refractivity contribution in [2.24, 2.45) is 16.5 Å². The van der Waals surface area contributed by atoms with Crippen LogP contribution in [0.1, 0.15) is 32.6 Å². The number of oxime groups is 1. The molecule has 162 valence electrons. The molecule has 10 heteroatoms. The maximum Gasteiger partial charge on any atom is 0.333 e. The molecule has 0 aromatic rings. The largest absolute Gasteiger partial charge is 0.478 e. The van der Waals surface area contributed by atoms with Crippen LogP contribution in [0.15, 0.2) is 39.4 Å². The molecule has 4 atom stereocenters. The topological polar surface area (TPSA) is 119 Å². The van der Waals surface area contributed by atoms with Gasteiger partial charge in [-0.05, 0) is 43.1 Å². The number of hydrogen-bond acceptors (Lipinski definition) is 7. The molecule has 2 aliphatic heterocycles. The standard InChI is InChI=1S/C20H22ClNO7S/c1-2-30(26,27)15-7-6-13(18(24)25)16(21)20(15,11-4-3-5-12(23)10-11)17-14-8-9-28-19(14)29-22-17/h6-7,10,14,16,19H,2-5,8-9H2,1H3,(H,24,25). The van der Waals surface area contributed by atoms with Gasteiger partial charge in [-0.2, -0.15) is 0 Å². The van der Waals surface area contributed by atoms with Crippen LogP contribution >= 0.6 is 11.6 Å². The molecule has 30 heavy (non-hydrogen) atoms. The van der Waals surface area contributed by atoms with Crippen LogP contribution in [-0.4, -0.2) is 55.0 Å². The highest BCUT2D eigenvalue weighted by atomic mass is 35.5. The third-order valence-electron chi connectivity index (χ3n) is 6.18. The van der Waals surface area contributed by atoms with Crippen molar-refractivity contribution >= 4 is 38.9 Å². The highest BCUT2D eigenvalue weighted by Gasteiger charge is 2.61. The normalized spacial score (nSPS) is 33.8. The Morgan fingerprint density at radius 1 is 1.37 bits per heavy atom. The number of carbonyl (C=O) groups is 2. The minimum atomic E-state index is -3.83. The number of halogens is 1. The van der Waals surface area contributed by atoms with Crippen molar-refractivity contribution < 1.29 is 32.7 Å². The molecule has 1 fully saturated rings. The monoisotopic (exact) mass is 455 g/mol. The summed E-state index contributed by atoms with van der Waals surface area (Å²) < 4.78 is 32.0. The van der Waals surface area contributed by atoms with E-state index in [4.69, 9.17) is 21.2 Å². The zero-order chi connectivity index (χ0) is 21.7. The Balaban J connectivity index is 2.04. The van der Waals surface area contributed by atoms with E-state index in [2.05, 4.69) is 5.16 Å². The number of carboxylic acid groups (broad SMARTS) is 1. The first kappa shape index (κ1) is 21.3. The molecule has 0 aromatic carbocycles. The van der Waals surface area contributed by atoms with Gasteiger partial charge in [0.15, 0.2) is 15.6 Å². The number of fused-ring (bicyclic) bond motifs is 1. The molecular weight excluding hydrogens is 434 g/mol. The van der Waals surface area contributed by atoms with E-state index in [-0.39, 0.29) is 27.9 Å². The average molecular weight is 456 g/mol. The second-order valence-corrected chi connectivity index (χ2v) is 10.4. The first-order chi connectivity index (χ1) is 14.2. The zero-order valence-corrected chi connectivity index (χ0v) is 17.9. The van der Waals surface area contributed by atoms with Crippen molar-refractivity contribution in [2.75, 3.05) is 12.4 Å². The van der Waals surface area contributed by atoms with Crippen molar-refractivity contribution in [3.8, 4) is 0 Å². The zero-order valence-electron chi connectivity index (χ0n) is 16.3. The quantitative estimate of drug-likeness (QED) is 0.632. The lowest BCUT2D eigenvalue weighted by molar-refractivity contribution is -0.132. The van der Waals surface area contributed by atoms with Gasteiger partial charge in [0.2, 0.25) is 6.29 Å². The fraction of sp³-hybridized carbons (Fsp3) is 0.550. The summed E-state index contributed by atoms with van der Waals surface area (Å²) in [4.78, 5) is 29.7. The van der Waals surface area contributed by atoms with Crippen molar-refractivity contribution in [1.29, 1.82) is 0 Å². The average Bonchev–Trinajstić information content (AvgIpc) is 3.31. The summed E-state index contributed by atoms with van der Waals surface area (Å²) in [5, 5.41) is 12.7. The smallest absolute Gasteiger partial charge is 0.333 e. The van der Waals surface area contributed by atoms with Gasteiger partial charge in [0.05, 0.1) is 45.3 Å². The van der Waals surface area contributed by atoms with Crippen LogP contribution in [0.3, 0.4) is 0 Å². The Kier molecular flexibility index (Phi) is 5.40. The molecule has 4 rings (SSSR count). The number of aliphatic carboxylic acids is 1. The fourth-order valence-electron chi connectivity index (χ4n) is 4.74. The number of nitrogens with zero attached hydrogens (tertiary/aromatic N) is 1. The van der Waals surface area contributed by atoms with Crippen LogP contribution < -0.4 is 0 Å².